The summed E-state index contributed by atoms with van der Waals surface area (Å²) in [7, 11) is 0. The van der Waals surface area contributed by atoms with E-state index in [0.29, 0.717) is 17.9 Å². The van der Waals surface area contributed by atoms with E-state index >= 15 is 0 Å². The molecule has 0 aromatic heterocycles. The van der Waals surface area contributed by atoms with E-state index in [9.17, 15) is 4.79 Å². The molecule has 0 radical (unpaired) electrons. The molecule has 0 aliphatic heterocycles. The van der Waals surface area contributed by atoms with Gasteiger partial charge in [-0.05, 0) is 30.2 Å². The van der Waals surface area contributed by atoms with Gasteiger partial charge < -0.3 is 4.74 Å². The largest absolute Gasteiger partial charge is 0.462 e. The van der Waals surface area contributed by atoms with Gasteiger partial charge in [-0.1, -0.05) is 13.8 Å². The van der Waals surface area contributed by atoms with E-state index in [1.807, 2.05) is 13.8 Å². The number of hydrogen-bond donors (Lipinski definition) is 1. The van der Waals surface area contributed by atoms with Crippen molar-refractivity contribution in [2.24, 2.45) is 11.0 Å². The average Bonchev–Trinajstić information content (AvgIpc) is 2.46. The number of nitrogens with one attached hydrogen (secondary N) is 1. The van der Waals surface area contributed by atoms with Gasteiger partial charge in [-0.15, -0.1) is 0 Å². The molecule has 0 amide bonds. The average molecular weight is 270 g/mol. The highest BCUT2D eigenvalue weighted by molar-refractivity contribution is 6.10. The van der Waals surface area contributed by atoms with Gasteiger partial charge in [-0.3, -0.25) is 5.43 Å². The van der Waals surface area contributed by atoms with Gasteiger partial charge in [-0.25, -0.2) is 4.79 Å². The summed E-state index contributed by atoms with van der Waals surface area (Å²) in [5.41, 5.74) is 3.28. The fourth-order valence-electron chi connectivity index (χ4n) is 1.20. The molecule has 20 heavy (non-hydrogen) atoms. The first-order valence-corrected chi connectivity index (χ1v) is 5.98. The predicted molar refractivity (Wildman–Crippen MR) is 73.8 cm³/mol. The lowest BCUT2D eigenvalue weighted by Crippen LogP contribution is -2.10. The quantitative estimate of drug-likeness (QED) is 0.503. The van der Waals surface area contributed by atoms with Crippen LogP contribution < -0.4 is 5.43 Å². The lowest BCUT2D eigenvalue weighted by atomic mass is 10.2. The Hall–Kier alpha value is -2.86. The van der Waals surface area contributed by atoms with Crippen molar-refractivity contribution in [2.45, 2.75) is 13.8 Å². The number of hydrazone groups is 1. The number of anilines is 1. The Morgan fingerprint density at radius 3 is 2.40 bits per heavy atom. The molecule has 0 heterocycles. The van der Waals surface area contributed by atoms with Crippen LogP contribution in [0.15, 0.2) is 29.4 Å². The molecule has 6 heteroatoms. The fraction of sp³-hybridized carbons (Fsp3) is 0.286. The summed E-state index contributed by atoms with van der Waals surface area (Å²) >= 11 is 0. The number of ether oxygens (including phenoxy) is 1. The van der Waals surface area contributed by atoms with Gasteiger partial charge in [0.2, 0.25) is 5.71 Å². The van der Waals surface area contributed by atoms with Gasteiger partial charge in [0.1, 0.15) is 12.1 Å². The second kappa shape index (κ2) is 7.55. The highest BCUT2D eigenvalue weighted by atomic mass is 16.5. The van der Waals surface area contributed by atoms with Crippen LogP contribution in [0, 0.1) is 28.6 Å². The van der Waals surface area contributed by atoms with Crippen LogP contribution in [-0.2, 0) is 4.74 Å². The molecule has 0 spiro atoms. The first kappa shape index (κ1) is 15.2. The smallest absolute Gasteiger partial charge is 0.338 e. The van der Waals surface area contributed by atoms with Gasteiger partial charge in [0.15, 0.2) is 0 Å². The summed E-state index contributed by atoms with van der Waals surface area (Å²) in [4.78, 5) is 11.7. The topological polar surface area (TPSA) is 98.3 Å². The lowest BCUT2D eigenvalue weighted by Gasteiger charge is -2.07. The van der Waals surface area contributed by atoms with Gasteiger partial charge in [0.05, 0.1) is 17.9 Å². The van der Waals surface area contributed by atoms with Gasteiger partial charge in [0.25, 0.3) is 0 Å². The van der Waals surface area contributed by atoms with Crippen LogP contribution in [0.1, 0.15) is 24.2 Å². The van der Waals surface area contributed by atoms with Crippen molar-refractivity contribution in [3.63, 3.8) is 0 Å². The summed E-state index contributed by atoms with van der Waals surface area (Å²) in [5.74, 6) is -0.104. The minimum absolute atomic E-state index is 0.273. The summed E-state index contributed by atoms with van der Waals surface area (Å²) in [5, 5.41) is 20.6. The summed E-state index contributed by atoms with van der Waals surface area (Å²) < 4.78 is 5.09. The number of esters is 1. The Morgan fingerprint density at radius 1 is 1.30 bits per heavy atom. The van der Waals surface area contributed by atoms with Gasteiger partial charge in [0, 0.05) is 0 Å². The number of carbonyl (C=O) groups excluding carboxylic acids is 1. The summed E-state index contributed by atoms with van der Waals surface area (Å²) in [6, 6.07) is 9.65. The Bertz CT molecular complexity index is 561. The minimum Gasteiger partial charge on any atom is -0.462 e. The molecule has 1 aromatic rings. The molecule has 0 saturated heterocycles. The molecule has 0 aliphatic carbocycles. The third kappa shape index (κ3) is 4.79. The van der Waals surface area contributed by atoms with Crippen LogP contribution in [0.4, 0.5) is 5.69 Å². The van der Waals surface area contributed by atoms with Crippen LogP contribution in [0.3, 0.4) is 0 Å². The fourth-order valence-corrected chi connectivity index (χ4v) is 1.20. The SMILES string of the molecule is CC(C)COC(=O)c1ccc(NN=C(C#N)C#N)cc1. The molecule has 0 unspecified atom stereocenters. The molecule has 1 rings (SSSR count). The Morgan fingerprint density at radius 2 is 1.90 bits per heavy atom. The highest BCUT2D eigenvalue weighted by Crippen LogP contribution is 2.11. The van der Waals surface area contributed by atoms with E-state index in [0.717, 1.165) is 0 Å². The third-order valence-electron chi connectivity index (χ3n) is 2.18. The molecular formula is C14H14N4O2. The van der Waals surface area contributed by atoms with E-state index < -0.39 is 0 Å². The van der Waals surface area contributed by atoms with Crippen molar-refractivity contribution in [1.29, 1.82) is 10.5 Å². The lowest BCUT2D eigenvalue weighted by molar-refractivity contribution is 0.0459. The van der Waals surface area contributed by atoms with E-state index in [1.165, 1.54) is 0 Å². The van der Waals surface area contributed by atoms with Gasteiger partial charge in [-0.2, -0.15) is 15.6 Å². The zero-order chi connectivity index (χ0) is 15.0. The molecule has 1 N–H and O–H groups in total. The van der Waals surface area contributed by atoms with Crippen molar-refractivity contribution < 1.29 is 9.53 Å². The maximum atomic E-state index is 11.7. The van der Waals surface area contributed by atoms with Crippen LogP contribution in [0.5, 0.6) is 0 Å². The molecule has 0 atom stereocenters. The molecule has 6 nitrogen and oxygen atoms in total. The van der Waals surface area contributed by atoms with Crippen molar-refractivity contribution in [3.05, 3.63) is 29.8 Å². The van der Waals surface area contributed by atoms with Crippen molar-refractivity contribution >= 4 is 17.4 Å². The normalized spacial score (nSPS) is 9.25. The Kier molecular flexibility index (Phi) is 5.74. The van der Waals surface area contributed by atoms with Gasteiger partial charge >= 0.3 is 5.97 Å². The van der Waals surface area contributed by atoms with Crippen molar-refractivity contribution in [3.8, 4) is 12.1 Å². The Labute approximate surface area is 117 Å². The van der Waals surface area contributed by atoms with Crippen LogP contribution in [0.2, 0.25) is 0 Å². The number of carbonyl (C=O) groups is 1. The second-order valence-corrected chi connectivity index (χ2v) is 4.37. The molecule has 0 aliphatic rings. The number of rotatable bonds is 5. The monoisotopic (exact) mass is 270 g/mol. The first-order valence-electron chi connectivity index (χ1n) is 5.98. The first-order chi connectivity index (χ1) is 9.56. The van der Waals surface area contributed by atoms with Crippen LogP contribution in [0.25, 0.3) is 0 Å². The van der Waals surface area contributed by atoms with E-state index in [1.54, 1.807) is 36.4 Å². The van der Waals surface area contributed by atoms with Crippen LogP contribution >= 0.6 is 0 Å². The zero-order valence-corrected chi connectivity index (χ0v) is 11.3. The summed E-state index contributed by atoms with van der Waals surface area (Å²) in [6.45, 7) is 4.29. The molecule has 0 bridgehead atoms. The maximum Gasteiger partial charge on any atom is 0.338 e. The molecule has 0 saturated carbocycles. The van der Waals surface area contributed by atoms with Crippen molar-refractivity contribution in [1.82, 2.24) is 0 Å². The number of hydrogen-bond acceptors (Lipinski definition) is 6. The van der Waals surface area contributed by atoms with Crippen LogP contribution in [-0.4, -0.2) is 18.3 Å². The van der Waals surface area contributed by atoms with E-state index in [-0.39, 0.29) is 17.6 Å². The number of benzene rings is 1. The standard InChI is InChI=1S/C14H14N4O2/c1-10(2)9-20-14(19)11-3-5-12(6-4-11)17-18-13(7-15)8-16/h3-6,10,17H,9H2,1-2H3. The summed E-state index contributed by atoms with van der Waals surface area (Å²) in [6.07, 6.45) is 0. The van der Waals surface area contributed by atoms with Crippen molar-refractivity contribution in [2.75, 3.05) is 12.0 Å². The molecule has 102 valence electrons. The maximum absolute atomic E-state index is 11.7. The molecule has 0 fully saturated rings. The molecular weight excluding hydrogens is 256 g/mol. The minimum atomic E-state index is -0.386. The second-order valence-electron chi connectivity index (χ2n) is 4.37. The highest BCUT2D eigenvalue weighted by Gasteiger charge is 2.07. The third-order valence-corrected chi connectivity index (χ3v) is 2.18. The van der Waals surface area contributed by atoms with E-state index in [2.05, 4.69) is 10.5 Å². The number of nitrogens with zero attached hydrogens (tertiary/aromatic N) is 3. The zero-order valence-electron chi connectivity index (χ0n) is 11.3. The predicted octanol–water partition coefficient (Wildman–Crippen LogP) is 2.31. The Balaban J connectivity index is 2.66. The molecule has 1 aromatic carbocycles. The number of nitriles is 2. The van der Waals surface area contributed by atoms with E-state index in [4.69, 9.17) is 15.3 Å².